The van der Waals surface area contributed by atoms with Crippen LogP contribution in [0.4, 0.5) is 0 Å². The number of phosphoric ester groups is 1. The Morgan fingerprint density at radius 3 is 2.37 bits per heavy atom. The maximum atomic E-state index is 10.6. The molecule has 0 spiro atoms. The molecule has 0 aliphatic carbocycles. The lowest BCUT2D eigenvalue weighted by molar-refractivity contribution is -0.893. The van der Waals surface area contributed by atoms with Gasteiger partial charge in [0.25, 0.3) is 0 Å². The summed E-state index contributed by atoms with van der Waals surface area (Å²) in [5.41, 5.74) is 0. The van der Waals surface area contributed by atoms with E-state index in [1.54, 1.807) is 0 Å². The number of hydrogen-bond acceptors (Lipinski definition) is 3. The summed E-state index contributed by atoms with van der Waals surface area (Å²) in [5.74, 6) is 0. The maximum Gasteiger partial charge on any atom is 0.469 e. The van der Waals surface area contributed by atoms with Crippen LogP contribution in [0.1, 0.15) is 39.0 Å². The smallest absolute Gasteiger partial charge is 0.387 e. The van der Waals surface area contributed by atoms with E-state index in [0.29, 0.717) is 17.6 Å². The summed E-state index contributed by atoms with van der Waals surface area (Å²) in [5, 5.41) is 9.93. The van der Waals surface area contributed by atoms with Crippen LogP contribution in [0.3, 0.4) is 0 Å². The Hall–Kier alpha value is 0.0300. The van der Waals surface area contributed by atoms with Crippen molar-refractivity contribution in [2.45, 2.75) is 45.1 Å². The third kappa shape index (κ3) is 12.8. The lowest BCUT2D eigenvalue weighted by Crippen LogP contribution is -2.47. The summed E-state index contributed by atoms with van der Waals surface area (Å²) in [6.45, 7) is 3.16. The molecule has 19 heavy (non-hydrogen) atoms. The highest BCUT2D eigenvalue weighted by molar-refractivity contribution is 7.46. The van der Waals surface area contributed by atoms with Gasteiger partial charge in [-0.3, -0.25) is 4.52 Å². The third-order valence-electron chi connectivity index (χ3n) is 3.05. The van der Waals surface area contributed by atoms with Crippen LogP contribution in [0.2, 0.25) is 0 Å². The predicted octanol–water partition coefficient (Wildman–Crippen LogP) is 1.50. The molecule has 0 rings (SSSR count). The van der Waals surface area contributed by atoms with Crippen LogP contribution in [0, 0.1) is 0 Å². The van der Waals surface area contributed by atoms with Crippen molar-refractivity contribution in [1.29, 1.82) is 0 Å². The Kier molecular flexibility index (Phi) is 9.07. The number of likely N-dealkylation sites (N-methyl/N-ethyl adjacent to an activating group) is 1. The molecule has 1 unspecified atom stereocenters. The standard InChI is InChI=1S/C12H28NO5P/c1-4-5-6-7-8-12(14)11-13(2,3)9-10-18-19(15,16)17/h12,14H,4-11H2,1-3H3,(H-,15,16,17)/p+1. The largest absolute Gasteiger partial charge is 0.469 e. The van der Waals surface area contributed by atoms with Gasteiger partial charge in [-0.05, 0) is 6.42 Å². The summed E-state index contributed by atoms with van der Waals surface area (Å²) >= 11 is 0. The van der Waals surface area contributed by atoms with E-state index in [0.717, 1.165) is 19.3 Å². The first kappa shape index (κ1) is 19.0. The molecular formula is C12H29NO5P+. The lowest BCUT2D eigenvalue weighted by Gasteiger charge is -2.31. The van der Waals surface area contributed by atoms with E-state index in [4.69, 9.17) is 9.79 Å². The lowest BCUT2D eigenvalue weighted by atomic mass is 10.1. The highest BCUT2D eigenvalue weighted by Crippen LogP contribution is 2.35. The first-order valence-electron chi connectivity index (χ1n) is 6.86. The van der Waals surface area contributed by atoms with Crippen molar-refractivity contribution in [3.63, 3.8) is 0 Å². The topological polar surface area (TPSA) is 87.0 Å². The van der Waals surface area contributed by atoms with Gasteiger partial charge in [0.2, 0.25) is 0 Å². The minimum atomic E-state index is -4.38. The fourth-order valence-corrected chi connectivity index (χ4v) is 2.29. The summed E-state index contributed by atoms with van der Waals surface area (Å²) < 4.78 is 15.5. The molecule has 0 aromatic heterocycles. The zero-order valence-electron chi connectivity index (χ0n) is 12.3. The minimum absolute atomic E-state index is 0.0141. The normalized spacial score (nSPS) is 14.6. The average Bonchev–Trinajstić information content (AvgIpc) is 2.21. The van der Waals surface area contributed by atoms with Gasteiger partial charge >= 0.3 is 7.82 Å². The van der Waals surface area contributed by atoms with Crippen molar-refractivity contribution in [2.75, 3.05) is 33.8 Å². The van der Waals surface area contributed by atoms with Crippen LogP contribution < -0.4 is 0 Å². The van der Waals surface area contributed by atoms with Crippen molar-refractivity contribution in [1.82, 2.24) is 0 Å². The molecule has 0 fully saturated rings. The van der Waals surface area contributed by atoms with E-state index in [1.165, 1.54) is 12.8 Å². The second-order valence-electron chi connectivity index (χ2n) is 5.67. The number of hydrogen-bond donors (Lipinski definition) is 3. The number of unbranched alkanes of at least 4 members (excludes halogenated alkanes) is 3. The van der Waals surface area contributed by atoms with Gasteiger partial charge in [-0.15, -0.1) is 0 Å². The Labute approximate surface area is 116 Å². The molecule has 6 nitrogen and oxygen atoms in total. The number of aliphatic hydroxyl groups excluding tert-OH is 1. The van der Waals surface area contributed by atoms with Gasteiger partial charge in [-0.2, -0.15) is 0 Å². The average molecular weight is 298 g/mol. The molecular weight excluding hydrogens is 269 g/mol. The molecule has 116 valence electrons. The van der Waals surface area contributed by atoms with Crippen LogP contribution in [-0.4, -0.2) is 59.3 Å². The van der Waals surface area contributed by atoms with Gasteiger partial charge in [0.05, 0.1) is 14.1 Å². The molecule has 0 saturated heterocycles. The maximum absolute atomic E-state index is 10.6. The molecule has 0 bridgehead atoms. The molecule has 3 N–H and O–H groups in total. The number of rotatable bonds is 11. The molecule has 0 radical (unpaired) electrons. The zero-order chi connectivity index (χ0) is 14.9. The Balaban J connectivity index is 3.83. The molecule has 0 aliphatic rings. The molecule has 0 aromatic rings. The predicted molar refractivity (Wildman–Crippen MR) is 74.6 cm³/mol. The van der Waals surface area contributed by atoms with Gasteiger partial charge < -0.3 is 19.4 Å². The van der Waals surface area contributed by atoms with Gasteiger partial charge in [0.15, 0.2) is 0 Å². The van der Waals surface area contributed by atoms with Gasteiger partial charge in [0, 0.05) is 0 Å². The number of nitrogens with zero attached hydrogens (tertiary/aromatic N) is 1. The summed E-state index contributed by atoms with van der Waals surface area (Å²) in [4.78, 5) is 17.2. The molecule has 0 amide bonds. The van der Waals surface area contributed by atoms with E-state index >= 15 is 0 Å². The molecule has 0 aliphatic heterocycles. The van der Waals surface area contributed by atoms with Gasteiger partial charge in [-0.25, -0.2) is 4.57 Å². The summed E-state index contributed by atoms with van der Waals surface area (Å²) in [6, 6.07) is 0. The first-order chi connectivity index (χ1) is 8.66. The van der Waals surface area contributed by atoms with Crippen LogP contribution in [-0.2, 0) is 9.09 Å². The van der Waals surface area contributed by atoms with E-state index in [-0.39, 0.29) is 12.7 Å². The van der Waals surface area contributed by atoms with Crippen molar-refractivity contribution >= 4 is 7.82 Å². The molecule has 1 atom stereocenters. The zero-order valence-corrected chi connectivity index (χ0v) is 13.2. The van der Waals surface area contributed by atoms with Gasteiger partial charge in [-0.1, -0.05) is 32.6 Å². The van der Waals surface area contributed by atoms with Crippen LogP contribution in [0.25, 0.3) is 0 Å². The Morgan fingerprint density at radius 2 is 1.84 bits per heavy atom. The molecule has 0 heterocycles. The van der Waals surface area contributed by atoms with Gasteiger partial charge in [0.1, 0.15) is 25.8 Å². The summed E-state index contributed by atoms with van der Waals surface area (Å²) in [7, 11) is -0.554. The third-order valence-corrected chi connectivity index (χ3v) is 3.57. The molecule has 0 aromatic carbocycles. The quantitative estimate of drug-likeness (QED) is 0.306. The molecule has 7 heteroatoms. The van der Waals surface area contributed by atoms with Crippen LogP contribution >= 0.6 is 7.82 Å². The van der Waals surface area contributed by atoms with Crippen molar-refractivity contribution in [3.05, 3.63) is 0 Å². The van der Waals surface area contributed by atoms with Crippen molar-refractivity contribution < 1.29 is 28.5 Å². The number of aliphatic hydroxyl groups is 1. The summed E-state index contributed by atoms with van der Waals surface area (Å²) in [6.07, 6.45) is 4.94. The van der Waals surface area contributed by atoms with Crippen molar-refractivity contribution in [2.24, 2.45) is 0 Å². The number of phosphoric acid groups is 1. The van der Waals surface area contributed by atoms with Crippen LogP contribution in [0.15, 0.2) is 0 Å². The Bertz CT molecular complexity index is 279. The van der Waals surface area contributed by atoms with E-state index in [9.17, 15) is 9.67 Å². The van der Waals surface area contributed by atoms with Crippen molar-refractivity contribution in [3.8, 4) is 0 Å². The highest BCUT2D eigenvalue weighted by Gasteiger charge is 2.22. The minimum Gasteiger partial charge on any atom is -0.387 e. The Morgan fingerprint density at radius 1 is 1.21 bits per heavy atom. The second kappa shape index (κ2) is 9.06. The number of quaternary nitrogens is 1. The second-order valence-corrected chi connectivity index (χ2v) is 6.91. The fraction of sp³-hybridized carbons (Fsp3) is 1.00. The molecule has 0 saturated carbocycles. The SMILES string of the molecule is CCCCCCC(O)C[N+](C)(C)CCOP(=O)(O)O. The van der Waals surface area contributed by atoms with E-state index < -0.39 is 7.82 Å². The highest BCUT2D eigenvalue weighted by atomic mass is 31.2. The first-order valence-corrected chi connectivity index (χ1v) is 8.39. The monoisotopic (exact) mass is 298 g/mol. The van der Waals surface area contributed by atoms with Crippen LogP contribution in [0.5, 0.6) is 0 Å². The van der Waals surface area contributed by atoms with E-state index in [2.05, 4.69) is 11.4 Å². The van der Waals surface area contributed by atoms with E-state index in [1.807, 2.05) is 14.1 Å². The fourth-order valence-electron chi connectivity index (χ4n) is 1.97.